The summed E-state index contributed by atoms with van der Waals surface area (Å²) in [5.41, 5.74) is 5.67. The summed E-state index contributed by atoms with van der Waals surface area (Å²) in [5, 5.41) is 11.3. The van der Waals surface area contributed by atoms with Crippen molar-refractivity contribution in [3.63, 3.8) is 0 Å². The van der Waals surface area contributed by atoms with Gasteiger partial charge in [0.1, 0.15) is 5.69 Å². The fourth-order valence-corrected chi connectivity index (χ4v) is 3.24. The number of benzene rings is 1. The molecule has 1 atom stereocenters. The van der Waals surface area contributed by atoms with Gasteiger partial charge in [0, 0.05) is 38.5 Å². The third-order valence-electron chi connectivity index (χ3n) is 3.89. The van der Waals surface area contributed by atoms with Crippen molar-refractivity contribution >= 4 is 27.1 Å². The Labute approximate surface area is 140 Å². The summed E-state index contributed by atoms with van der Waals surface area (Å²) in [6, 6.07) is 3.29. The minimum absolute atomic E-state index is 0.0938. The number of anilines is 1. The second-order valence-electron chi connectivity index (χ2n) is 5.78. The Morgan fingerprint density at radius 2 is 1.88 bits per heavy atom. The first-order valence-corrected chi connectivity index (χ1v) is 9.28. The van der Waals surface area contributed by atoms with Crippen molar-refractivity contribution in [1.82, 2.24) is 4.90 Å². The highest BCUT2D eigenvalue weighted by molar-refractivity contribution is 7.90. The Balaban J connectivity index is 2.24. The number of sulfone groups is 1. The zero-order chi connectivity index (χ0) is 18.1. The third-order valence-corrected chi connectivity index (χ3v) is 5.00. The van der Waals surface area contributed by atoms with Crippen LogP contribution in [-0.4, -0.2) is 62.6 Å². The molecule has 2 rings (SSSR count). The molecule has 0 saturated carbocycles. The highest BCUT2D eigenvalue weighted by atomic mass is 32.2. The SMILES string of the molecule is C[C@@H](N)C(=O)N1CCN(c2ccc(S(C)(=O)=O)cc2[N+](=O)[O-])CC1. The first-order valence-electron chi connectivity index (χ1n) is 7.39. The van der Waals surface area contributed by atoms with Crippen LogP contribution in [0.25, 0.3) is 0 Å². The van der Waals surface area contributed by atoms with E-state index >= 15 is 0 Å². The molecule has 0 bridgehead atoms. The van der Waals surface area contributed by atoms with E-state index in [0.29, 0.717) is 31.9 Å². The molecule has 1 fully saturated rings. The molecule has 1 aromatic rings. The minimum atomic E-state index is -3.53. The molecule has 1 amide bonds. The van der Waals surface area contributed by atoms with Gasteiger partial charge in [-0.15, -0.1) is 0 Å². The number of nitrogens with zero attached hydrogens (tertiary/aromatic N) is 3. The number of carbonyl (C=O) groups is 1. The number of nitro groups is 1. The zero-order valence-corrected chi connectivity index (χ0v) is 14.3. The van der Waals surface area contributed by atoms with Gasteiger partial charge in [0.15, 0.2) is 9.84 Å². The predicted octanol–water partition coefficient (Wildman–Crippen LogP) is -0.00590. The largest absolute Gasteiger partial charge is 0.362 e. The van der Waals surface area contributed by atoms with Crippen LogP contribution in [0.4, 0.5) is 11.4 Å². The summed E-state index contributed by atoms with van der Waals surface area (Å²) < 4.78 is 23.2. The van der Waals surface area contributed by atoms with Crippen LogP contribution >= 0.6 is 0 Å². The van der Waals surface area contributed by atoms with Gasteiger partial charge in [0.05, 0.1) is 15.9 Å². The van der Waals surface area contributed by atoms with Crippen molar-refractivity contribution in [2.24, 2.45) is 5.73 Å². The molecule has 1 aliphatic heterocycles. The molecule has 1 aromatic carbocycles. The fourth-order valence-electron chi connectivity index (χ4n) is 2.60. The van der Waals surface area contributed by atoms with E-state index < -0.39 is 20.8 Å². The molecule has 0 aromatic heterocycles. The van der Waals surface area contributed by atoms with E-state index in [1.54, 1.807) is 16.7 Å². The van der Waals surface area contributed by atoms with E-state index in [4.69, 9.17) is 5.73 Å². The number of nitro benzene ring substituents is 1. The summed E-state index contributed by atoms with van der Waals surface area (Å²) in [4.78, 5) is 25.9. The molecule has 1 saturated heterocycles. The lowest BCUT2D eigenvalue weighted by molar-refractivity contribution is -0.384. The Morgan fingerprint density at radius 1 is 1.29 bits per heavy atom. The van der Waals surface area contributed by atoms with Crippen molar-refractivity contribution in [3.05, 3.63) is 28.3 Å². The first kappa shape index (κ1) is 18.1. The lowest BCUT2D eigenvalue weighted by Crippen LogP contribution is -2.52. The van der Waals surface area contributed by atoms with Gasteiger partial charge < -0.3 is 15.5 Å². The van der Waals surface area contributed by atoms with Crippen LogP contribution in [0.3, 0.4) is 0 Å². The maximum atomic E-state index is 11.9. The van der Waals surface area contributed by atoms with E-state index in [9.17, 15) is 23.3 Å². The van der Waals surface area contributed by atoms with Crippen LogP contribution < -0.4 is 10.6 Å². The minimum Gasteiger partial charge on any atom is -0.362 e. The summed E-state index contributed by atoms with van der Waals surface area (Å²) in [7, 11) is -3.53. The Bertz CT molecular complexity index is 754. The van der Waals surface area contributed by atoms with Crippen molar-refractivity contribution in [2.45, 2.75) is 17.9 Å². The molecule has 0 unspecified atom stereocenters. The number of hydrogen-bond acceptors (Lipinski definition) is 7. The van der Waals surface area contributed by atoms with Crippen molar-refractivity contribution in [1.29, 1.82) is 0 Å². The molecule has 10 heteroatoms. The van der Waals surface area contributed by atoms with Gasteiger partial charge in [-0.3, -0.25) is 14.9 Å². The lowest BCUT2D eigenvalue weighted by atomic mass is 10.2. The Kier molecular flexibility index (Phi) is 5.09. The van der Waals surface area contributed by atoms with Crippen molar-refractivity contribution < 1.29 is 18.1 Å². The zero-order valence-electron chi connectivity index (χ0n) is 13.5. The Morgan fingerprint density at radius 3 is 2.33 bits per heavy atom. The number of rotatable bonds is 4. The van der Waals surface area contributed by atoms with Crippen molar-refractivity contribution in [3.8, 4) is 0 Å². The molecular weight excluding hydrogens is 336 g/mol. The van der Waals surface area contributed by atoms with Crippen LogP contribution in [0.5, 0.6) is 0 Å². The molecule has 0 aliphatic carbocycles. The van der Waals surface area contributed by atoms with Gasteiger partial charge in [-0.25, -0.2) is 8.42 Å². The van der Waals surface area contributed by atoms with Gasteiger partial charge in [-0.05, 0) is 19.1 Å². The van der Waals surface area contributed by atoms with Crippen LogP contribution in [0.15, 0.2) is 23.1 Å². The smallest absolute Gasteiger partial charge is 0.293 e. The fraction of sp³-hybridized carbons (Fsp3) is 0.500. The van der Waals surface area contributed by atoms with Crippen LogP contribution in [0, 0.1) is 10.1 Å². The Hall–Kier alpha value is -2.20. The summed E-state index contributed by atoms with van der Waals surface area (Å²) >= 11 is 0. The first-order chi connectivity index (χ1) is 11.1. The van der Waals surface area contributed by atoms with Gasteiger partial charge in [-0.2, -0.15) is 0 Å². The highest BCUT2D eigenvalue weighted by Gasteiger charge is 2.27. The van der Waals surface area contributed by atoms with E-state index in [1.807, 2.05) is 0 Å². The van der Waals surface area contributed by atoms with Crippen LogP contribution in [0.2, 0.25) is 0 Å². The van der Waals surface area contributed by atoms with Gasteiger partial charge in [-0.1, -0.05) is 0 Å². The monoisotopic (exact) mass is 356 g/mol. The van der Waals surface area contributed by atoms with Gasteiger partial charge >= 0.3 is 0 Å². The quantitative estimate of drug-likeness (QED) is 0.594. The average Bonchev–Trinajstić information content (AvgIpc) is 2.52. The van der Waals surface area contributed by atoms with Crippen molar-refractivity contribution in [2.75, 3.05) is 37.3 Å². The van der Waals surface area contributed by atoms with Gasteiger partial charge in [0.25, 0.3) is 5.69 Å². The van der Waals surface area contributed by atoms with E-state index in [0.717, 1.165) is 12.3 Å². The molecule has 24 heavy (non-hydrogen) atoms. The molecule has 0 radical (unpaired) electrons. The number of nitrogens with two attached hydrogens (primary N) is 1. The van der Waals surface area contributed by atoms with E-state index in [-0.39, 0.29) is 16.5 Å². The standard InChI is InChI=1S/C14H20N4O5S/c1-10(15)14(19)17-7-5-16(6-8-17)12-4-3-11(24(2,22)23)9-13(12)18(20)21/h3-4,9-10H,5-8,15H2,1-2H3/t10-/m1/s1. The number of piperazine rings is 1. The maximum absolute atomic E-state index is 11.9. The molecule has 0 spiro atoms. The second kappa shape index (κ2) is 6.73. The van der Waals surface area contributed by atoms with E-state index in [1.165, 1.54) is 12.1 Å². The average molecular weight is 356 g/mol. The number of carbonyl (C=O) groups excluding carboxylic acids is 1. The molecule has 2 N–H and O–H groups in total. The van der Waals surface area contributed by atoms with Gasteiger partial charge in [0.2, 0.25) is 5.91 Å². The second-order valence-corrected chi connectivity index (χ2v) is 7.80. The molecule has 132 valence electrons. The topological polar surface area (TPSA) is 127 Å². The number of hydrogen-bond donors (Lipinski definition) is 1. The highest BCUT2D eigenvalue weighted by Crippen LogP contribution is 2.31. The van der Waals surface area contributed by atoms with E-state index in [2.05, 4.69) is 0 Å². The molecule has 1 heterocycles. The summed E-state index contributed by atoms with van der Waals surface area (Å²) in [6.07, 6.45) is 1.00. The van der Waals surface area contributed by atoms with Crippen LogP contribution in [-0.2, 0) is 14.6 Å². The molecule has 9 nitrogen and oxygen atoms in total. The third kappa shape index (κ3) is 3.82. The summed E-state index contributed by atoms with van der Waals surface area (Å²) in [5.74, 6) is -0.156. The predicted molar refractivity (Wildman–Crippen MR) is 88.6 cm³/mol. The molecule has 1 aliphatic rings. The normalized spacial score (nSPS) is 16.8. The number of amides is 1. The summed E-state index contributed by atoms with van der Waals surface area (Å²) in [6.45, 7) is 3.26. The lowest BCUT2D eigenvalue weighted by Gasteiger charge is -2.36. The van der Waals surface area contributed by atoms with Crippen LogP contribution in [0.1, 0.15) is 6.92 Å². The maximum Gasteiger partial charge on any atom is 0.293 e. The molecular formula is C14H20N4O5S.